The number of Topliss-reactive ketones (excluding diaryl/α,β-unsaturated/α-hetero) is 1. The number of carbonyl (C=O) groups is 2. The van der Waals surface area contributed by atoms with Crippen LogP contribution in [0.3, 0.4) is 0 Å². The van der Waals surface area contributed by atoms with Crippen molar-refractivity contribution in [2.24, 2.45) is 5.92 Å². The molecule has 0 aliphatic carbocycles. The Morgan fingerprint density at radius 3 is 2.50 bits per heavy atom. The van der Waals surface area contributed by atoms with Crippen molar-refractivity contribution in [2.45, 2.75) is 12.8 Å². The number of amides is 1. The molecule has 6 heteroatoms. The maximum atomic E-state index is 12.6. The maximum Gasteiger partial charge on any atom is 0.237 e. The first-order valence-corrected chi connectivity index (χ1v) is 8.00. The highest BCUT2D eigenvalue weighted by atomic mass is 35.5. The molecule has 0 spiro atoms. The molecule has 118 valence electrons. The van der Waals surface area contributed by atoms with Gasteiger partial charge in [-0.15, -0.1) is 11.6 Å². The van der Waals surface area contributed by atoms with Crippen molar-refractivity contribution in [3.8, 4) is 11.5 Å². The van der Waals surface area contributed by atoms with Crippen molar-refractivity contribution in [2.75, 3.05) is 32.2 Å². The summed E-state index contributed by atoms with van der Waals surface area (Å²) in [6, 6.07) is 5.33. The third-order valence-electron chi connectivity index (χ3n) is 4.16. The summed E-state index contributed by atoms with van der Waals surface area (Å²) in [6.07, 6.45) is 1.35. The molecule has 1 fully saturated rings. The van der Waals surface area contributed by atoms with E-state index in [-0.39, 0.29) is 23.5 Å². The Balaban J connectivity index is 1.66. The van der Waals surface area contributed by atoms with Crippen LogP contribution in [0.25, 0.3) is 0 Å². The summed E-state index contributed by atoms with van der Waals surface area (Å²) in [5, 5.41) is 0. The molecule has 1 amide bonds. The standard InChI is InChI=1S/C16H18ClNO4/c17-10-15(19)18-5-3-11(4-6-18)16(20)12-1-2-13-14(9-12)22-8-7-21-13/h1-2,9,11H,3-8,10H2. The van der Waals surface area contributed by atoms with Gasteiger partial charge in [0.2, 0.25) is 5.91 Å². The van der Waals surface area contributed by atoms with Crippen LogP contribution in [-0.4, -0.2) is 48.8 Å². The number of carbonyl (C=O) groups excluding carboxylic acids is 2. The van der Waals surface area contributed by atoms with Gasteiger partial charge < -0.3 is 14.4 Å². The third kappa shape index (κ3) is 3.04. The normalized spacial score (nSPS) is 18.1. The average Bonchev–Trinajstić information content (AvgIpc) is 2.60. The molecular formula is C16H18ClNO4. The highest BCUT2D eigenvalue weighted by Gasteiger charge is 2.28. The van der Waals surface area contributed by atoms with Crippen molar-refractivity contribution in [3.05, 3.63) is 23.8 Å². The lowest BCUT2D eigenvalue weighted by Gasteiger charge is -2.31. The van der Waals surface area contributed by atoms with Gasteiger partial charge in [0, 0.05) is 24.6 Å². The van der Waals surface area contributed by atoms with Gasteiger partial charge in [0.15, 0.2) is 17.3 Å². The predicted octanol–water partition coefficient (Wildman–Crippen LogP) is 2.12. The van der Waals surface area contributed by atoms with E-state index in [1.54, 1.807) is 23.1 Å². The lowest BCUT2D eigenvalue weighted by atomic mass is 9.88. The van der Waals surface area contributed by atoms with E-state index in [9.17, 15) is 9.59 Å². The summed E-state index contributed by atoms with van der Waals surface area (Å²) in [6.45, 7) is 2.22. The van der Waals surface area contributed by atoms with Crippen LogP contribution >= 0.6 is 11.6 Å². The number of hydrogen-bond donors (Lipinski definition) is 0. The van der Waals surface area contributed by atoms with Crippen LogP contribution in [0.2, 0.25) is 0 Å². The van der Waals surface area contributed by atoms with Crippen molar-refractivity contribution >= 4 is 23.3 Å². The van der Waals surface area contributed by atoms with Crippen LogP contribution in [0, 0.1) is 5.92 Å². The van der Waals surface area contributed by atoms with Crippen LogP contribution < -0.4 is 9.47 Å². The first-order chi connectivity index (χ1) is 10.7. The minimum Gasteiger partial charge on any atom is -0.486 e. The van der Waals surface area contributed by atoms with Gasteiger partial charge >= 0.3 is 0 Å². The van der Waals surface area contributed by atoms with E-state index < -0.39 is 0 Å². The minimum absolute atomic E-state index is 0.000768. The molecule has 0 aromatic heterocycles. The number of rotatable bonds is 3. The van der Waals surface area contributed by atoms with Crippen LogP contribution in [-0.2, 0) is 4.79 Å². The molecule has 0 N–H and O–H groups in total. The van der Waals surface area contributed by atoms with Gasteiger partial charge in [0.05, 0.1) is 0 Å². The molecule has 1 saturated heterocycles. The highest BCUT2D eigenvalue weighted by Crippen LogP contribution is 2.32. The Kier molecular flexibility index (Phi) is 4.52. The van der Waals surface area contributed by atoms with Gasteiger partial charge in [-0.3, -0.25) is 9.59 Å². The number of fused-ring (bicyclic) bond motifs is 1. The smallest absolute Gasteiger partial charge is 0.237 e. The Bertz CT molecular complexity index is 582. The zero-order valence-corrected chi connectivity index (χ0v) is 13.0. The summed E-state index contributed by atoms with van der Waals surface area (Å²) in [7, 11) is 0. The molecule has 2 aliphatic rings. The molecule has 0 unspecified atom stereocenters. The highest BCUT2D eigenvalue weighted by molar-refractivity contribution is 6.27. The first kappa shape index (κ1) is 15.2. The zero-order valence-electron chi connectivity index (χ0n) is 12.2. The topological polar surface area (TPSA) is 55.8 Å². The predicted molar refractivity (Wildman–Crippen MR) is 81.8 cm³/mol. The molecule has 2 heterocycles. The molecule has 22 heavy (non-hydrogen) atoms. The van der Waals surface area contributed by atoms with Gasteiger partial charge in [0.25, 0.3) is 0 Å². The fraction of sp³-hybridized carbons (Fsp3) is 0.500. The number of nitrogens with zero attached hydrogens (tertiary/aromatic N) is 1. The van der Waals surface area contributed by atoms with Crippen LogP contribution in [0.4, 0.5) is 0 Å². The molecule has 0 saturated carbocycles. The summed E-state index contributed by atoms with van der Waals surface area (Å²) in [5.41, 5.74) is 0.645. The average molecular weight is 324 g/mol. The van der Waals surface area contributed by atoms with E-state index >= 15 is 0 Å². The second kappa shape index (κ2) is 6.57. The Labute approximate surface area is 134 Å². The Morgan fingerprint density at radius 1 is 1.14 bits per heavy atom. The maximum absolute atomic E-state index is 12.6. The van der Waals surface area contributed by atoms with Gasteiger partial charge in [0.1, 0.15) is 19.1 Å². The lowest BCUT2D eigenvalue weighted by molar-refractivity contribution is -0.129. The number of benzene rings is 1. The number of piperidine rings is 1. The molecule has 3 rings (SSSR count). The monoisotopic (exact) mass is 323 g/mol. The number of likely N-dealkylation sites (tertiary alicyclic amines) is 1. The number of halogens is 1. The summed E-state index contributed by atoms with van der Waals surface area (Å²) >= 11 is 5.56. The SMILES string of the molecule is O=C(c1ccc2c(c1)OCCO2)C1CCN(C(=O)CCl)CC1. The second-order valence-corrected chi connectivity index (χ2v) is 5.78. The molecule has 0 radical (unpaired) electrons. The van der Waals surface area contributed by atoms with E-state index in [0.29, 0.717) is 56.2 Å². The van der Waals surface area contributed by atoms with E-state index in [1.807, 2.05) is 0 Å². The minimum atomic E-state index is -0.0631. The molecule has 0 atom stereocenters. The first-order valence-electron chi connectivity index (χ1n) is 7.46. The zero-order chi connectivity index (χ0) is 15.5. The molecule has 1 aromatic carbocycles. The Morgan fingerprint density at radius 2 is 1.82 bits per heavy atom. The summed E-state index contributed by atoms with van der Waals surface area (Å²) in [5.74, 6) is 1.31. The van der Waals surface area contributed by atoms with Crippen molar-refractivity contribution in [1.82, 2.24) is 4.90 Å². The number of hydrogen-bond acceptors (Lipinski definition) is 4. The largest absolute Gasteiger partial charge is 0.486 e. The quantitative estimate of drug-likeness (QED) is 0.631. The summed E-state index contributed by atoms with van der Waals surface area (Å²) < 4.78 is 11.0. The molecule has 2 aliphatic heterocycles. The van der Waals surface area contributed by atoms with E-state index in [1.165, 1.54) is 0 Å². The third-order valence-corrected chi connectivity index (χ3v) is 4.39. The van der Waals surface area contributed by atoms with E-state index in [4.69, 9.17) is 21.1 Å². The lowest BCUT2D eigenvalue weighted by Crippen LogP contribution is -2.40. The van der Waals surface area contributed by atoms with Crippen molar-refractivity contribution < 1.29 is 19.1 Å². The van der Waals surface area contributed by atoms with Crippen molar-refractivity contribution in [3.63, 3.8) is 0 Å². The van der Waals surface area contributed by atoms with Gasteiger partial charge in [-0.05, 0) is 31.0 Å². The molecule has 5 nitrogen and oxygen atoms in total. The molecule has 0 bridgehead atoms. The molecule has 1 aromatic rings. The van der Waals surface area contributed by atoms with Gasteiger partial charge in [-0.25, -0.2) is 0 Å². The van der Waals surface area contributed by atoms with E-state index in [0.717, 1.165) is 0 Å². The number of ketones is 1. The Hall–Kier alpha value is -1.75. The van der Waals surface area contributed by atoms with Crippen LogP contribution in [0.15, 0.2) is 18.2 Å². The van der Waals surface area contributed by atoms with Crippen molar-refractivity contribution in [1.29, 1.82) is 0 Å². The number of alkyl halides is 1. The van der Waals surface area contributed by atoms with Gasteiger partial charge in [-0.2, -0.15) is 0 Å². The van der Waals surface area contributed by atoms with E-state index in [2.05, 4.69) is 0 Å². The van der Waals surface area contributed by atoms with Crippen LogP contribution in [0.1, 0.15) is 23.2 Å². The fourth-order valence-corrected chi connectivity index (χ4v) is 3.08. The second-order valence-electron chi connectivity index (χ2n) is 5.51. The summed E-state index contributed by atoms with van der Waals surface area (Å²) in [4.78, 5) is 25.9. The molecular weight excluding hydrogens is 306 g/mol. The van der Waals surface area contributed by atoms with Gasteiger partial charge in [-0.1, -0.05) is 0 Å². The number of ether oxygens (including phenoxy) is 2. The fourth-order valence-electron chi connectivity index (χ4n) is 2.91. The van der Waals surface area contributed by atoms with Crippen LogP contribution in [0.5, 0.6) is 11.5 Å².